The van der Waals surface area contributed by atoms with E-state index >= 15 is 0 Å². The standard InChI is InChI=1S/C11H16N4OS/c1-7(2)14-15-10(16)6-17-11-12-8(3)5-9(4)13-11/h5H,6H2,1-4H3,(H,15,16). The second-order valence-electron chi connectivity index (χ2n) is 3.82. The molecule has 0 radical (unpaired) electrons. The molecule has 1 amide bonds. The molecule has 0 saturated carbocycles. The summed E-state index contributed by atoms with van der Waals surface area (Å²) in [5.41, 5.74) is 5.08. The molecular weight excluding hydrogens is 236 g/mol. The largest absolute Gasteiger partial charge is 0.272 e. The van der Waals surface area contributed by atoms with Gasteiger partial charge in [-0.05, 0) is 33.8 Å². The highest BCUT2D eigenvalue weighted by Crippen LogP contribution is 2.13. The summed E-state index contributed by atoms with van der Waals surface area (Å²) >= 11 is 1.31. The number of aromatic nitrogens is 2. The molecule has 1 rings (SSSR count). The minimum Gasteiger partial charge on any atom is -0.272 e. The Kier molecular flexibility index (Phi) is 5.09. The van der Waals surface area contributed by atoms with Crippen LogP contribution in [0.1, 0.15) is 25.2 Å². The predicted octanol–water partition coefficient (Wildman–Crippen LogP) is 1.70. The zero-order valence-corrected chi connectivity index (χ0v) is 11.3. The number of hydrogen-bond donors (Lipinski definition) is 1. The summed E-state index contributed by atoms with van der Waals surface area (Å²) in [5, 5.41) is 4.46. The Balaban J connectivity index is 2.50. The van der Waals surface area contributed by atoms with Gasteiger partial charge in [0, 0.05) is 17.1 Å². The van der Waals surface area contributed by atoms with Crippen molar-refractivity contribution in [1.82, 2.24) is 15.4 Å². The fourth-order valence-corrected chi connectivity index (χ4v) is 1.84. The van der Waals surface area contributed by atoms with Crippen molar-refractivity contribution >= 4 is 23.4 Å². The molecule has 17 heavy (non-hydrogen) atoms. The second kappa shape index (κ2) is 6.34. The van der Waals surface area contributed by atoms with Crippen LogP contribution in [0, 0.1) is 13.8 Å². The van der Waals surface area contributed by atoms with E-state index in [1.807, 2.05) is 33.8 Å². The molecule has 1 aromatic heterocycles. The van der Waals surface area contributed by atoms with Gasteiger partial charge in [0.05, 0.1) is 5.75 Å². The van der Waals surface area contributed by atoms with E-state index in [0.717, 1.165) is 17.1 Å². The first-order valence-corrected chi connectivity index (χ1v) is 6.21. The molecule has 0 aromatic carbocycles. The van der Waals surface area contributed by atoms with Crippen LogP contribution in [0.5, 0.6) is 0 Å². The quantitative estimate of drug-likeness (QED) is 0.383. The molecule has 1 heterocycles. The lowest BCUT2D eigenvalue weighted by molar-refractivity contribution is -0.118. The van der Waals surface area contributed by atoms with Gasteiger partial charge in [-0.3, -0.25) is 4.79 Å². The topological polar surface area (TPSA) is 67.2 Å². The molecule has 0 spiro atoms. The average Bonchev–Trinajstić information content (AvgIpc) is 2.22. The zero-order chi connectivity index (χ0) is 12.8. The highest BCUT2D eigenvalue weighted by molar-refractivity contribution is 7.99. The molecule has 0 fully saturated rings. The summed E-state index contributed by atoms with van der Waals surface area (Å²) in [7, 11) is 0. The van der Waals surface area contributed by atoms with Crippen LogP contribution in [0.15, 0.2) is 16.3 Å². The summed E-state index contributed by atoms with van der Waals surface area (Å²) < 4.78 is 0. The first-order valence-electron chi connectivity index (χ1n) is 5.22. The molecule has 92 valence electrons. The molecule has 1 aromatic rings. The van der Waals surface area contributed by atoms with E-state index < -0.39 is 0 Å². The Morgan fingerprint density at radius 3 is 2.47 bits per heavy atom. The molecule has 0 aliphatic heterocycles. The van der Waals surface area contributed by atoms with Crippen LogP contribution >= 0.6 is 11.8 Å². The van der Waals surface area contributed by atoms with Gasteiger partial charge in [-0.25, -0.2) is 15.4 Å². The third kappa shape index (κ3) is 5.44. The summed E-state index contributed by atoms with van der Waals surface area (Å²) in [6, 6.07) is 1.90. The molecule has 0 saturated heterocycles. The molecular formula is C11H16N4OS. The Labute approximate surface area is 105 Å². The van der Waals surface area contributed by atoms with Crippen molar-refractivity contribution in [3.63, 3.8) is 0 Å². The van der Waals surface area contributed by atoms with Crippen LogP contribution in [-0.4, -0.2) is 27.3 Å². The van der Waals surface area contributed by atoms with Gasteiger partial charge in [0.1, 0.15) is 0 Å². The van der Waals surface area contributed by atoms with Crippen molar-refractivity contribution in [2.24, 2.45) is 5.10 Å². The lowest BCUT2D eigenvalue weighted by Gasteiger charge is -2.02. The second-order valence-corrected chi connectivity index (χ2v) is 4.76. The summed E-state index contributed by atoms with van der Waals surface area (Å²) in [4.78, 5) is 19.9. The number of hydrogen-bond acceptors (Lipinski definition) is 5. The SMILES string of the molecule is CC(C)=NNC(=O)CSc1nc(C)cc(C)n1. The number of aryl methyl sites for hydroxylation is 2. The summed E-state index contributed by atoms with van der Waals surface area (Å²) in [6.07, 6.45) is 0. The predicted molar refractivity (Wildman–Crippen MR) is 69.2 cm³/mol. The average molecular weight is 252 g/mol. The van der Waals surface area contributed by atoms with Crippen LogP contribution in [0.2, 0.25) is 0 Å². The van der Waals surface area contributed by atoms with Crippen LogP contribution in [0.4, 0.5) is 0 Å². The van der Waals surface area contributed by atoms with Gasteiger partial charge in [-0.1, -0.05) is 11.8 Å². The van der Waals surface area contributed by atoms with Crippen molar-refractivity contribution in [2.75, 3.05) is 5.75 Å². The Morgan fingerprint density at radius 2 is 1.94 bits per heavy atom. The van der Waals surface area contributed by atoms with E-state index in [1.54, 1.807) is 0 Å². The van der Waals surface area contributed by atoms with Gasteiger partial charge in [0.15, 0.2) is 5.16 Å². The maximum atomic E-state index is 11.4. The van der Waals surface area contributed by atoms with Crippen molar-refractivity contribution in [3.05, 3.63) is 17.5 Å². The number of carbonyl (C=O) groups excluding carboxylic acids is 1. The van der Waals surface area contributed by atoms with E-state index in [-0.39, 0.29) is 11.7 Å². The van der Waals surface area contributed by atoms with Crippen LogP contribution in [0.3, 0.4) is 0 Å². The highest BCUT2D eigenvalue weighted by atomic mass is 32.2. The highest BCUT2D eigenvalue weighted by Gasteiger charge is 2.05. The molecule has 0 aliphatic carbocycles. The van der Waals surface area contributed by atoms with E-state index in [9.17, 15) is 4.79 Å². The normalized spacial score (nSPS) is 9.88. The van der Waals surface area contributed by atoms with E-state index in [2.05, 4.69) is 20.5 Å². The van der Waals surface area contributed by atoms with Gasteiger partial charge < -0.3 is 0 Å². The fraction of sp³-hybridized carbons (Fsp3) is 0.455. The molecule has 0 aliphatic rings. The number of amides is 1. The number of nitrogens with zero attached hydrogens (tertiary/aromatic N) is 3. The van der Waals surface area contributed by atoms with E-state index in [1.165, 1.54) is 11.8 Å². The lowest BCUT2D eigenvalue weighted by atomic mass is 10.4. The number of thioether (sulfide) groups is 1. The first-order chi connectivity index (χ1) is 7.97. The van der Waals surface area contributed by atoms with E-state index in [4.69, 9.17) is 0 Å². The number of nitrogens with one attached hydrogen (secondary N) is 1. The maximum absolute atomic E-state index is 11.4. The molecule has 0 bridgehead atoms. The number of rotatable bonds is 4. The monoisotopic (exact) mass is 252 g/mol. The van der Waals surface area contributed by atoms with Gasteiger partial charge in [-0.15, -0.1) is 0 Å². The van der Waals surface area contributed by atoms with Crippen molar-refractivity contribution in [3.8, 4) is 0 Å². The minimum atomic E-state index is -0.154. The molecule has 0 unspecified atom stereocenters. The molecule has 1 N–H and O–H groups in total. The van der Waals surface area contributed by atoms with Crippen LogP contribution < -0.4 is 5.43 Å². The Bertz CT molecular complexity index is 421. The van der Waals surface area contributed by atoms with E-state index in [0.29, 0.717) is 5.16 Å². The van der Waals surface area contributed by atoms with Gasteiger partial charge >= 0.3 is 0 Å². The smallest absolute Gasteiger partial charge is 0.250 e. The van der Waals surface area contributed by atoms with Gasteiger partial charge in [0.2, 0.25) is 0 Å². The fourth-order valence-electron chi connectivity index (χ4n) is 1.09. The van der Waals surface area contributed by atoms with Crippen molar-refractivity contribution < 1.29 is 4.79 Å². The molecule has 0 atom stereocenters. The van der Waals surface area contributed by atoms with Gasteiger partial charge in [-0.2, -0.15) is 5.10 Å². The lowest BCUT2D eigenvalue weighted by Crippen LogP contribution is -2.20. The Hall–Kier alpha value is -1.43. The molecule has 5 nitrogen and oxygen atoms in total. The molecule has 6 heteroatoms. The zero-order valence-electron chi connectivity index (χ0n) is 10.4. The third-order valence-electron chi connectivity index (χ3n) is 1.70. The van der Waals surface area contributed by atoms with Crippen molar-refractivity contribution in [1.29, 1.82) is 0 Å². The first kappa shape index (κ1) is 13.6. The number of carbonyl (C=O) groups is 1. The Morgan fingerprint density at radius 1 is 1.35 bits per heavy atom. The summed E-state index contributed by atoms with van der Waals surface area (Å²) in [5.74, 6) is 0.110. The maximum Gasteiger partial charge on any atom is 0.250 e. The third-order valence-corrected chi connectivity index (χ3v) is 2.55. The van der Waals surface area contributed by atoms with Crippen molar-refractivity contribution in [2.45, 2.75) is 32.9 Å². The van der Waals surface area contributed by atoms with Gasteiger partial charge in [0.25, 0.3) is 5.91 Å². The van der Waals surface area contributed by atoms with Crippen LogP contribution in [0.25, 0.3) is 0 Å². The minimum absolute atomic E-state index is 0.154. The summed E-state index contributed by atoms with van der Waals surface area (Å²) in [6.45, 7) is 7.45. The number of hydrazone groups is 1. The van der Waals surface area contributed by atoms with Crippen LogP contribution in [-0.2, 0) is 4.79 Å².